The number of carbonyl (C=O) groups is 3. The molecule has 0 atom stereocenters. The van der Waals surface area contributed by atoms with Crippen molar-refractivity contribution in [3.05, 3.63) is 69.0 Å². The number of amides is 3. The number of aromatic nitrogens is 1. The summed E-state index contributed by atoms with van der Waals surface area (Å²) in [4.78, 5) is 43.2. The lowest BCUT2D eigenvalue weighted by Crippen LogP contribution is -2.40. The number of furan rings is 1. The number of methoxy groups -OCH3 is 1. The van der Waals surface area contributed by atoms with Crippen LogP contribution in [0.3, 0.4) is 0 Å². The Balaban J connectivity index is 1.56. The Bertz CT molecular complexity index is 1140. The highest BCUT2D eigenvalue weighted by Gasteiger charge is 2.22. The maximum absolute atomic E-state index is 12.9. The van der Waals surface area contributed by atoms with Crippen LogP contribution in [0.4, 0.5) is 5.13 Å². The molecule has 12 heteroatoms. The summed E-state index contributed by atoms with van der Waals surface area (Å²) in [5, 5.41) is 7.99. The summed E-state index contributed by atoms with van der Waals surface area (Å²) in [6.07, 6.45) is 1.59. The van der Waals surface area contributed by atoms with Crippen molar-refractivity contribution in [3.63, 3.8) is 0 Å². The second kappa shape index (κ2) is 12.5. The number of carbonyl (C=O) groups excluding carboxylic acids is 3. The van der Waals surface area contributed by atoms with E-state index in [0.29, 0.717) is 21.6 Å². The van der Waals surface area contributed by atoms with Crippen molar-refractivity contribution in [3.8, 4) is 0 Å². The van der Waals surface area contributed by atoms with Crippen LogP contribution in [0, 0.1) is 0 Å². The number of benzene rings is 1. The van der Waals surface area contributed by atoms with Gasteiger partial charge in [-0.05, 0) is 30.3 Å². The third-order valence-electron chi connectivity index (χ3n) is 4.53. The van der Waals surface area contributed by atoms with Gasteiger partial charge in [0.25, 0.3) is 5.91 Å². The van der Waals surface area contributed by atoms with E-state index in [1.807, 2.05) is 0 Å². The molecule has 0 bridgehead atoms. The first-order valence-electron chi connectivity index (χ1n) is 10.1. The first kappa shape index (κ1) is 25.7. The second-order valence-electron chi connectivity index (χ2n) is 7.07. The summed E-state index contributed by atoms with van der Waals surface area (Å²) in [6.45, 7) is 0.460. The normalized spacial score (nSPS) is 10.7. The first-order valence-corrected chi connectivity index (χ1v) is 11.8. The van der Waals surface area contributed by atoms with E-state index in [1.54, 1.807) is 23.6 Å². The standard InChI is InChI=1S/C22H22Cl2N4O5S/c1-32-8-6-28(21(31)17-5-4-14(23)9-18(17)24)12-20(30)27-22-26-15(13-34-22)10-19(29)25-11-16-3-2-7-33-16/h2-5,7,9,13H,6,8,10-12H2,1H3,(H,25,29)(H,26,27,30). The van der Waals surface area contributed by atoms with Crippen molar-refractivity contribution in [2.75, 3.05) is 32.1 Å². The minimum atomic E-state index is -0.447. The molecule has 9 nitrogen and oxygen atoms in total. The van der Waals surface area contributed by atoms with Gasteiger partial charge < -0.3 is 24.7 Å². The van der Waals surface area contributed by atoms with Crippen molar-refractivity contribution in [2.24, 2.45) is 0 Å². The van der Waals surface area contributed by atoms with Gasteiger partial charge in [0.1, 0.15) is 12.3 Å². The number of hydrogen-bond acceptors (Lipinski definition) is 7. The van der Waals surface area contributed by atoms with E-state index in [9.17, 15) is 14.4 Å². The molecule has 0 aliphatic carbocycles. The first-order chi connectivity index (χ1) is 16.4. The molecule has 3 amide bonds. The van der Waals surface area contributed by atoms with Crippen molar-refractivity contribution in [1.82, 2.24) is 15.2 Å². The molecule has 0 radical (unpaired) electrons. The highest BCUT2D eigenvalue weighted by atomic mass is 35.5. The summed E-state index contributed by atoms with van der Waals surface area (Å²) in [5.74, 6) is -0.456. The van der Waals surface area contributed by atoms with Crippen LogP contribution in [0.15, 0.2) is 46.4 Å². The predicted octanol–water partition coefficient (Wildman–Crippen LogP) is 3.63. The molecule has 0 spiro atoms. The number of nitrogens with zero attached hydrogens (tertiary/aromatic N) is 2. The van der Waals surface area contributed by atoms with Crippen LogP contribution in [0.2, 0.25) is 10.0 Å². The van der Waals surface area contributed by atoms with E-state index in [1.165, 1.54) is 41.7 Å². The lowest BCUT2D eigenvalue weighted by atomic mass is 10.2. The molecule has 0 saturated carbocycles. The molecular weight excluding hydrogens is 503 g/mol. The fraction of sp³-hybridized carbons (Fsp3) is 0.273. The smallest absolute Gasteiger partial charge is 0.255 e. The van der Waals surface area contributed by atoms with Gasteiger partial charge in [-0.3, -0.25) is 14.4 Å². The number of rotatable bonds is 11. The van der Waals surface area contributed by atoms with E-state index in [4.69, 9.17) is 32.4 Å². The number of nitrogens with one attached hydrogen (secondary N) is 2. The number of thiazole rings is 1. The zero-order valence-electron chi connectivity index (χ0n) is 18.2. The molecule has 2 heterocycles. The minimum Gasteiger partial charge on any atom is -0.467 e. The van der Waals surface area contributed by atoms with Crippen molar-refractivity contribution < 1.29 is 23.5 Å². The molecule has 3 aromatic rings. The molecule has 3 rings (SSSR count). The van der Waals surface area contributed by atoms with E-state index >= 15 is 0 Å². The molecular formula is C22H22Cl2N4O5S. The number of anilines is 1. The molecule has 0 aliphatic rings. The van der Waals surface area contributed by atoms with Gasteiger partial charge in [0.15, 0.2) is 5.13 Å². The van der Waals surface area contributed by atoms with Crippen LogP contribution < -0.4 is 10.6 Å². The molecule has 0 saturated heterocycles. The Hall–Kier alpha value is -2.92. The van der Waals surface area contributed by atoms with E-state index in [0.717, 1.165) is 0 Å². The van der Waals surface area contributed by atoms with Crippen LogP contribution >= 0.6 is 34.5 Å². The fourth-order valence-corrected chi connectivity index (χ4v) is 4.11. The molecule has 180 valence electrons. The maximum Gasteiger partial charge on any atom is 0.255 e. The van der Waals surface area contributed by atoms with Crippen LogP contribution in [-0.4, -0.2) is 54.4 Å². The molecule has 0 unspecified atom stereocenters. The second-order valence-corrected chi connectivity index (χ2v) is 8.77. The molecule has 1 aromatic carbocycles. The summed E-state index contributed by atoms with van der Waals surface area (Å²) in [5.41, 5.74) is 0.740. The van der Waals surface area contributed by atoms with Crippen LogP contribution in [0.5, 0.6) is 0 Å². The fourth-order valence-electron chi connectivity index (χ4n) is 2.89. The maximum atomic E-state index is 12.9. The Kier molecular flexibility index (Phi) is 9.46. The molecule has 0 aliphatic heterocycles. The SMILES string of the molecule is COCCN(CC(=O)Nc1nc(CC(=O)NCc2ccco2)cs1)C(=O)c1ccc(Cl)cc1Cl. The largest absolute Gasteiger partial charge is 0.467 e. The van der Waals surface area contributed by atoms with Crippen molar-refractivity contribution >= 4 is 57.4 Å². The zero-order chi connectivity index (χ0) is 24.5. The number of halogens is 2. The van der Waals surface area contributed by atoms with Gasteiger partial charge in [0.2, 0.25) is 11.8 Å². The Morgan fingerprint density at radius 3 is 2.74 bits per heavy atom. The minimum absolute atomic E-state index is 0.0561. The van der Waals surface area contributed by atoms with Gasteiger partial charge >= 0.3 is 0 Å². The van der Waals surface area contributed by atoms with Crippen LogP contribution in [-0.2, 0) is 27.3 Å². The monoisotopic (exact) mass is 524 g/mol. The highest BCUT2D eigenvalue weighted by molar-refractivity contribution is 7.13. The third kappa shape index (κ3) is 7.56. The van der Waals surface area contributed by atoms with Gasteiger partial charge in [-0.15, -0.1) is 11.3 Å². The Labute approximate surface area is 210 Å². The average Bonchev–Trinajstić information content (AvgIpc) is 3.47. The van der Waals surface area contributed by atoms with Gasteiger partial charge in [-0.2, -0.15) is 0 Å². The van der Waals surface area contributed by atoms with Crippen LogP contribution in [0.1, 0.15) is 21.8 Å². The van der Waals surface area contributed by atoms with E-state index in [-0.39, 0.29) is 49.2 Å². The Morgan fingerprint density at radius 1 is 1.21 bits per heavy atom. The summed E-state index contributed by atoms with van der Waals surface area (Å²) >= 11 is 13.2. The number of ether oxygens (including phenoxy) is 1. The average molecular weight is 525 g/mol. The quantitative estimate of drug-likeness (QED) is 0.395. The zero-order valence-corrected chi connectivity index (χ0v) is 20.5. The van der Waals surface area contributed by atoms with Crippen LogP contribution in [0.25, 0.3) is 0 Å². The highest BCUT2D eigenvalue weighted by Crippen LogP contribution is 2.22. The van der Waals surface area contributed by atoms with Gasteiger partial charge in [-0.25, -0.2) is 4.98 Å². The van der Waals surface area contributed by atoms with E-state index < -0.39 is 11.8 Å². The molecule has 2 aromatic heterocycles. The van der Waals surface area contributed by atoms with Gasteiger partial charge in [-0.1, -0.05) is 23.2 Å². The topological polar surface area (TPSA) is 114 Å². The lowest BCUT2D eigenvalue weighted by molar-refractivity contribution is -0.120. The predicted molar refractivity (Wildman–Crippen MR) is 129 cm³/mol. The molecule has 0 fully saturated rings. The lowest BCUT2D eigenvalue weighted by Gasteiger charge is -2.22. The van der Waals surface area contributed by atoms with Gasteiger partial charge in [0, 0.05) is 24.1 Å². The van der Waals surface area contributed by atoms with E-state index in [2.05, 4.69) is 15.6 Å². The summed E-state index contributed by atoms with van der Waals surface area (Å²) in [6, 6.07) is 8.03. The molecule has 2 N–H and O–H groups in total. The number of hydrogen-bond donors (Lipinski definition) is 2. The molecule has 34 heavy (non-hydrogen) atoms. The van der Waals surface area contributed by atoms with Crippen molar-refractivity contribution in [2.45, 2.75) is 13.0 Å². The third-order valence-corrected chi connectivity index (χ3v) is 5.88. The van der Waals surface area contributed by atoms with Crippen molar-refractivity contribution in [1.29, 1.82) is 0 Å². The summed E-state index contributed by atoms with van der Waals surface area (Å²) in [7, 11) is 1.50. The summed E-state index contributed by atoms with van der Waals surface area (Å²) < 4.78 is 10.2. The van der Waals surface area contributed by atoms with Gasteiger partial charge in [0.05, 0.1) is 42.1 Å². The Morgan fingerprint density at radius 2 is 2.03 bits per heavy atom.